The summed E-state index contributed by atoms with van der Waals surface area (Å²) in [6.45, 7) is 4.41. The summed E-state index contributed by atoms with van der Waals surface area (Å²) in [6.07, 6.45) is 2.43. The molecule has 0 saturated carbocycles. The van der Waals surface area contributed by atoms with E-state index in [0.29, 0.717) is 45.4 Å². The van der Waals surface area contributed by atoms with Gasteiger partial charge in [-0.25, -0.2) is 4.98 Å². The number of nitrogens with zero attached hydrogens (tertiary/aromatic N) is 3. The Morgan fingerprint density at radius 2 is 1.94 bits per heavy atom. The number of hydrogen-bond donors (Lipinski definition) is 0. The van der Waals surface area contributed by atoms with Crippen molar-refractivity contribution in [1.82, 2.24) is 9.66 Å². The highest BCUT2D eigenvalue weighted by molar-refractivity contribution is 9.10. The molecule has 1 atom stereocenters. The number of ether oxygens (including phenoxy) is 2. The Morgan fingerprint density at radius 1 is 1.17 bits per heavy atom. The van der Waals surface area contributed by atoms with Crippen LogP contribution in [0, 0.1) is 0 Å². The van der Waals surface area contributed by atoms with E-state index in [2.05, 4.69) is 28.0 Å². The topological polar surface area (TPSA) is 65.7 Å². The quantitative estimate of drug-likeness (QED) is 0.225. The molecule has 0 bridgehead atoms. The molecule has 180 valence electrons. The van der Waals surface area contributed by atoms with Gasteiger partial charge >= 0.3 is 0 Å². The molecule has 0 aliphatic heterocycles. The summed E-state index contributed by atoms with van der Waals surface area (Å²) in [5.74, 6) is 1.75. The molecule has 1 heterocycles. The third kappa shape index (κ3) is 5.57. The molecule has 0 saturated heterocycles. The van der Waals surface area contributed by atoms with Gasteiger partial charge in [0.25, 0.3) is 5.56 Å². The van der Waals surface area contributed by atoms with Crippen LogP contribution >= 0.6 is 27.5 Å². The van der Waals surface area contributed by atoms with Crippen LogP contribution in [0.4, 0.5) is 0 Å². The van der Waals surface area contributed by atoms with Gasteiger partial charge in [0, 0.05) is 21.0 Å². The van der Waals surface area contributed by atoms with Crippen molar-refractivity contribution >= 4 is 44.6 Å². The van der Waals surface area contributed by atoms with Crippen LogP contribution in [0.5, 0.6) is 11.5 Å². The van der Waals surface area contributed by atoms with Crippen LogP contribution in [-0.4, -0.2) is 23.0 Å². The molecule has 4 rings (SSSR count). The van der Waals surface area contributed by atoms with E-state index in [1.165, 1.54) is 4.68 Å². The Labute approximate surface area is 217 Å². The zero-order chi connectivity index (χ0) is 24.9. The number of hydrogen-bond acceptors (Lipinski definition) is 5. The van der Waals surface area contributed by atoms with Crippen LogP contribution in [0.3, 0.4) is 0 Å². The van der Waals surface area contributed by atoms with E-state index in [9.17, 15) is 4.79 Å². The SMILES string of the molecule is CC[C@H](C)c1nc2ccc(Br)cc2c(=O)n1N=Cc1cccc(OC)c1OCc1ccc(Cl)cc1. The zero-order valence-electron chi connectivity index (χ0n) is 19.7. The molecule has 0 aliphatic rings. The van der Waals surface area contributed by atoms with Crippen LogP contribution in [0.25, 0.3) is 10.9 Å². The molecule has 0 N–H and O–H groups in total. The number of para-hydroxylation sites is 1. The first-order chi connectivity index (χ1) is 16.9. The molecule has 0 radical (unpaired) electrons. The molecule has 0 amide bonds. The standard InChI is InChI=1S/C27H25BrClN3O3/c1-4-17(2)26-31-23-13-10-20(28)14-22(23)27(33)32(26)30-15-19-6-5-7-24(34-3)25(19)35-16-18-8-11-21(29)12-9-18/h5-15,17H,4,16H2,1-3H3/t17-/m0/s1. The predicted molar refractivity (Wildman–Crippen MR) is 144 cm³/mol. The number of rotatable bonds is 8. The summed E-state index contributed by atoms with van der Waals surface area (Å²) < 4.78 is 13.8. The third-order valence-electron chi connectivity index (χ3n) is 5.72. The highest BCUT2D eigenvalue weighted by Gasteiger charge is 2.16. The average molecular weight is 555 g/mol. The van der Waals surface area contributed by atoms with E-state index in [1.807, 2.05) is 61.5 Å². The van der Waals surface area contributed by atoms with E-state index in [1.54, 1.807) is 19.4 Å². The molecule has 0 aliphatic carbocycles. The summed E-state index contributed by atoms with van der Waals surface area (Å²) in [6, 6.07) is 18.5. The van der Waals surface area contributed by atoms with Crippen molar-refractivity contribution in [1.29, 1.82) is 0 Å². The maximum Gasteiger partial charge on any atom is 0.282 e. The molecule has 1 aromatic heterocycles. The lowest BCUT2D eigenvalue weighted by atomic mass is 10.1. The van der Waals surface area contributed by atoms with Gasteiger partial charge in [0.1, 0.15) is 12.4 Å². The maximum absolute atomic E-state index is 13.4. The summed E-state index contributed by atoms with van der Waals surface area (Å²) in [5, 5.41) is 5.73. The minimum Gasteiger partial charge on any atom is -0.493 e. The van der Waals surface area contributed by atoms with Gasteiger partial charge in [-0.15, -0.1) is 0 Å². The van der Waals surface area contributed by atoms with Crippen molar-refractivity contribution in [3.05, 3.63) is 97.5 Å². The van der Waals surface area contributed by atoms with Crippen molar-refractivity contribution in [2.45, 2.75) is 32.8 Å². The van der Waals surface area contributed by atoms with Gasteiger partial charge in [-0.1, -0.05) is 59.6 Å². The summed E-state index contributed by atoms with van der Waals surface area (Å²) in [5.41, 5.74) is 2.06. The van der Waals surface area contributed by atoms with Crippen molar-refractivity contribution in [2.24, 2.45) is 5.10 Å². The molecule has 35 heavy (non-hydrogen) atoms. The predicted octanol–water partition coefficient (Wildman–Crippen LogP) is 6.80. The second kappa shape index (κ2) is 11.1. The van der Waals surface area contributed by atoms with Crippen LogP contribution in [0.15, 0.2) is 75.0 Å². The molecule has 3 aromatic carbocycles. The lowest BCUT2D eigenvalue weighted by Crippen LogP contribution is -2.23. The number of methoxy groups -OCH3 is 1. The first-order valence-electron chi connectivity index (χ1n) is 11.2. The minimum absolute atomic E-state index is 0.0406. The van der Waals surface area contributed by atoms with E-state index >= 15 is 0 Å². The third-order valence-corrected chi connectivity index (χ3v) is 6.47. The number of halogens is 2. The molecular weight excluding hydrogens is 530 g/mol. The Morgan fingerprint density at radius 3 is 2.66 bits per heavy atom. The Hall–Kier alpha value is -3.16. The van der Waals surface area contributed by atoms with Gasteiger partial charge in [-0.2, -0.15) is 9.78 Å². The summed E-state index contributed by atoms with van der Waals surface area (Å²) in [7, 11) is 1.59. The van der Waals surface area contributed by atoms with Gasteiger partial charge in [0.2, 0.25) is 0 Å². The lowest BCUT2D eigenvalue weighted by Gasteiger charge is -2.15. The maximum atomic E-state index is 13.4. The first-order valence-corrected chi connectivity index (χ1v) is 12.4. The van der Waals surface area contributed by atoms with E-state index in [0.717, 1.165) is 16.5 Å². The lowest BCUT2D eigenvalue weighted by molar-refractivity contribution is 0.284. The van der Waals surface area contributed by atoms with E-state index in [-0.39, 0.29) is 11.5 Å². The van der Waals surface area contributed by atoms with Crippen LogP contribution in [0.2, 0.25) is 5.02 Å². The Balaban J connectivity index is 1.76. The largest absolute Gasteiger partial charge is 0.493 e. The normalized spacial score (nSPS) is 12.3. The summed E-state index contributed by atoms with van der Waals surface area (Å²) >= 11 is 9.43. The molecule has 0 fully saturated rings. The fourth-order valence-corrected chi connectivity index (χ4v) is 4.07. The zero-order valence-corrected chi connectivity index (χ0v) is 22.0. The van der Waals surface area contributed by atoms with Gasteiger partial charge < -0.3 is 9.47 Å². The van der Waals surface area contributed by atoms with Crippen LogP contribution in [0.1, 0.15) is 43.1 Å². The summed E-state index contributed by atoms with van der Waals surface area (Å²) in [4.78, 5) is 18.2. The number of aromatic nitrogens is 2. The molecule has 0 spiro atoms. The Bertz CT molecular complexity index is 1430. The highest BCUT2D eigenvalue weighted by Crippen LogP contribution is 2.31. The van der Waals surface area contributed by atoms with Crippen molar-refractivity contribution in [3.8, 4) is 11.5 Å². The highest BCUT2D eigenvalue weighted by atomic mass is 79.9. The Kier molecular flexibility index (Phi) is 7.88. The molecule has 8 heteroatoms. The molecular formula is C27H25BrClN3O3. The molecule has 4 aromatic rings. The van der Waals surface area contributed by atoms with Crippen molar-refractivity contribution in [3.63, 3.8) is 0 Å². The fraction of sp³-hybridized carbons (Fsp3) is 0.222. The number of benzene rings is 3. The van der Waals surface area contributed by atoms with E-state index in [4.69, 9.17) is 26.1 Å². The van der Waals surface area contributed by atoms with Crippen molar-refractivity contribution in [2.75, 3.05) is 7.11 Å². The van der Waals surface area contributed by atoms with Gasteiger partial charge in [0.15, 0.2) is 11.5 Å². The van der Waals surface area contributed by atoms with E-state index < -0.39 is 0 Å². The van der Waals surface area contributed by atoms with Crippen LogP contribution in [-0.2, 0) is 6.61 Å². The fourth-order valence-electron chi connectivity index (χ4n) is 3.58. The molecule has 0 unspecified atom stereocenters. The monoisotopic (exact) mass is 553 g/mol. The van der Waals surface area contributed by atoms with Gasteiger partial charge in [-0.05, 0) is 54.4 Å². The second-order valence-electron chi connectivity index (χ2n) is 8.10. The molecule has 6 nitrogen and oxygen atoms in total. The van der Waals surface area contributed by atoms with Crippen LogP contribution < -0.4 is 15.0 Å². The number of fused-ring (bicyclic) bond motifs is 1. The minimum atomic E-state index is -0.227. The van der Waals surface area contributed by atoms with Gasteiger partial charge in [0.05, 0.1) is 24.2 Å². The average Bonchev–Trinajstić information content (AvgIpc) is 2.87. The smallest absolute Gasteiger partial charge is 0.282 e. The first kappa shape index (κ1) is 24.9. The second-order valence-corrected chi connectivity index (χ2v) is 9.45. The van der Waals surface area contributed by atoms with Crippen molar-refractivity contribution < 1.29 is 9.47 Å². The van der Waals surface area contributed by atoms with Gasteiger partial charge in [-0.3, -0.25) is 4.79 Å².